The summed E-state index contributed by atoms with van der Waals surface area (Å²) in [7, 11) is 4.90. The average molecular weight is 312 g/mol. The fourth-order valence-corrected chi connectivity index (χ4v) is 2.65. The molecule has 3 rings (SSSR count). The van der Waals surface area contributed by atoms with Crippen LogP contribution in [0.15, 0.2) is 36.4 Å². The fraction of sp³-hybridized carbons (Fsp3) is 0.176. The SMILES string of the molecule is COc1ccc2ccc(OC)c(-c3cc(C(=O)O)nn3C)c2c1. The number of hydrogen-bond donors (Lipinski definition) is 1. The summed E-state index contributed by atoms with van der Waals surface area (Å²) >= 11 is 0. The van der Waals surface area contributed by atoms with Gasteiger partial charge in [0.1, 0.15) is 11.5 Å². The number of carbonyl (C=O) groups is 1. The van der Waals surface area contributed by atoms with Gasteiger partial charge in [-0.1, -0.05) is 12.1 Å². The van der Waals surface area contributed by atoms with Crippen LogP contribution in [-0.4, -0.2) is 35.1 Å². The van der Waals surface area contributed by atoms with Crippen molar-refractivity contribution >= 4 is 16.7 Å². The first-order valence-corrected chi connectivity index (χ1v) is 6.97. The van der Waals surface area contributed by atoms with Gasteiger partial charge in [0, 0.05) is 12.6 Å². The van der Waals surface area contributed by atoms with Crippen LogP contribution < -0.4 is 9.47 Å². The van der Waals surface area contributed by atoms with Crippen molar-refractivity contribution in [3.05, 3.63) is 42.1 Å². The van der Waals surface area contributed by atoms with Gasteiger partial charge in [0.25, 0.3) is 0 Å². The zero-order chi connectivity index (χ0) is 16.6. The molecule has 0 aliphatic carbocycles. The minimum absolute atomic E-state index is 0.00977. The number of aromatic nitrogens is 2. The van der Waals surface area contributed by atoms with Crippen LogP contribution in [0.5, 0.6) is 11.5 Å². The maximum Gasteiger partial charge on any atom is 0.356 e. The molecule has 6 nitrogen and oxygen atoms in total. The van der Waals surface area contributed by atoms with Gasteiger partial charge in [-0.15, -0.1) is 0 Å². The highest BCUT2D eigenvalue weighted by Gasteiger charge is 2.18. The van der Waals surface area contributed by atoms with Crippen molar-refractivity contribution in [3.8, 4) is 22.8 Å². The Hall–Kier alpha value is -3.02. The monoisotopic (exact) mass is 312 g/mol. The molecule has 0 aliphatic heterocycles. The largest absolute Gasteiger partial charge is 0.497 e. The van der Waals surface area contributed by atoms with Crippen LogP contribution in [0.2, 0.25) is 0 Å². The van der Waals surface area contributed by atoms with Gasteiger partial charge in [0.2, 0.25) is 0 Å². The number of nitrogens with zero attached hydrogens (tertiary/aromatic N) is 2. The number of carboxylic acids is 1. The Morgan fingerprint density at radius 1 is 1.13 bits per heavy atom. The molecule has 1 heterocycles. The Morgan fingerprint density at radius 3 is 2.48 bits per heavy atom. The molecule has 0 radical (unpaired) electrons. The topological polar surface area (TPSA) is 73.6 Å². The molecule has 118 valence electrons. The number of hydrogen-bond acceptors (Lipinski definition) is 4. The van der Waals surface area contributed by atoms with E-state index in [4.69, 9.17) is 14.6 Å². The summed E-state index contributed by atoms with van der Waals surface area (Å²) in [6.45, 7) is 0. The van der Waals surface area contributed by atoms with Crippen molar-refractivity contribution in [2.75, 3.05) is 14.2 Å². The van der Waals surface area contributed by atoms with E-state index in [0.717, 1.165) is 16.3 Å². The molecule has 0 spiro atoms. The summed E-state index contributed by atoms with van der Waals surface area (Å²) in [6, 6.07) is 11.1. The van der Waals surface area contributed by atoms with E-state index in [0.29, 0.717) is 17.2 Å². The third kappa shape index (κ3) is 2.48. The van der Waals surface area contributed by atoms with Crippen molar-refractivity contribution in [1.29, 1.82) is 0 Å². The van der Waals surface area contributed by atoms with Gasteiger partial charge in [-0.25, -0.2) is 4.79 Å². The van der Waals surface area contributed by atoms with Gasteiger partial charge >= 0.3 is 5.97 Å². The molecule has 0 saturated carbocycles. The maximum atomic E-state index is 11.2. The summed E-state index contributed by atoms with van der Waals surface area (Å²) in [5.41, 5.74) is 1.44. The van der Waals surface area contributed by atoms with E-state index in [2.05, 4.69) is 5.10 Å². The van der Waals surface area contributed by atoms with E-state index in [1.54, 1.807) is 32.0 Å². The first-order valence-electron chi connectivity index (χ1n) is 6.97. The molecule has 0 atom stereocenters. The van der Waals surface area contributed by atoms with Crippen LogP contribution in [0.25, 0.3) is 22.0 Å². The molecule has 23 heavy (non-hydrogen) atoms. The number of ether oxygens (including phenoxy) is 2. The molecule has 1 N–H and O–H groups in total. The van der Waals surface area contributed by atoms with Gasteiger partial charge < -0.3 is 14.6 Å². The number of methoxy groups -OCH3 is 2. The predicted octanol–water partition coefficient (Wildman–Crippen LogP) is 2.96. The van der Waals surface area contributed by atoms with Crippen LogP contribution in [0.1, 0.15) is 10.5 Å². The molecule has 0 fully saturated rings. The van der Waals surface area contributed by atoms with Crippen LogP contribution in [-0.2, 0) is 7.05 Å². The van der Waals surface area contributed by atoms with E-state index in [1.807, 2.05) is 30.3 Å². The number of rotatable bonds is 4. The number of fused-ring (bicyclic) bond motifs is 1. The zero-order valence-corrected chi connectivity index (χ0v) is 13.0. The Bertz CT molecular complexity index is 894. The van der Waals surface area contributed by atoms with Crippen LogP contribution in [0, 0.1) is 0 Å². The van der Waals surface area contributed by atoms with Crippen molar-refractivity contribution in [2.45, 2.75) is 0 Å². The van der Waals surface area contributed by atoms with Crippen LogP contribution >= 0.6 is 0 Å². The normalized spacial score (nSPS) is 10.7. The highest BCUT2D eigenvalue weighted by molar-refractivity contribution is 6.00. The van der Waals surface area contributed by atoms with Crippen molar-refractivity contribution in [3.63, 3.8) is 0 Å². The lowest BCUT2D eigenvalue weighted by molar-refractivity contribution is 0.0689. The van der Waals surface area contributed by atoms with E-state index in [-0.39, 0.29) is 5.69 Å². The second-order valence-corrected chi connectivity index (χ2v) is 5.07. The summed E-state index contributed by atoms with van der Waals surface area (Å²) in [5.74, 6) is 0.293. The fourth-order valence-electron chi connectivity index (χ4n) is 2.65. The minimum Gasteiger partial charge on any atom is -0.497 e. The lowest BCUT2D eigenvalue weighted by Crippen LogP contribution is -2.00. The number of carboxylic acid groups (broad SMARTS) is 1. The molecule has 1 aromatic heterocycles. The van der Waals surface area contributed by atoms with Crippen molar-refractivity contribution < 1.29 is 19.4 Å². The molecule has 6 heteroatoms. The van der Waals surface area contributed by atoms with Crippen LogP contribution in [0.4, 0.5) is 0 Å². The van der Waals surface area contributed by atoms with Crippen LogP contribution in [0.3, 0.4) is 0 Å². The first-order chi connectivity index (χ1) is 11.0. The second-order valence-electron chi connectivity index (χ2n) is 5.07. The summed E-state index contributed by atoms with van der Waals surface area (Å²) in [5, 5.41) is 15.1. The maximum absolute atomic E-state index is 11.2. The number of benzene rings is 2. The van der Waals surface area contributed by atoms with Gasteiger partial charge in [-0.3, -0.25) is 4.68 Å². The Kier molecular flexibility index (Phi) is 3.65. The molecule has 0 amide bonds. The van der Waals surface area contributed by atoms with Gasteiger partial charge in [0.15, 0.2) is 5.69 Å². The second kappa shape index (κ2) is 5.64. The molecule has 0 bridgehead atoms. The van der Waals surface area contributed by atoms with E-state index in [9.17, 15) is 4.79 Å². The molecule has 0 unspecified atom stereocenters. The van der Waals surface area contributed by atoms with Gasteiger partial charge in [-0.2, -0.15) is 5.10 Å². The third-order valence-corrected chi connectivity index (χ3v) is 3.77. The van der Waals surface area contributed by atoms with Gasteiger partial charge in [0.05, 0.1) is 19.9 Å². The lowest BCUT2D eigenvalue weighted by atomic mass is 10.00. The van der Waals surface area contributed by atoms with E-state index in [1.165, 1.54) is 0 Å². The molecular weight excluding hydrogens is 296 g/mol. The average Bonchev–Trinajstić information content (AvgIpc) is 2.94. The third-order valence-electron chi connectivity index (χ3n) is 3.77. The molecule has 0 aliphatic rings. The minimum atomic E-state index is -1.07. The Labute approximate surface area is 132 Å². The lowest BCUT2D eigenvalue weighted by Gasteiger charge is -2.13. The molecule has 2 aromatic carbocycles. The Morgan fingerprint density at radius 2 is 1.87 bits per heavy atom. The number of aryl methyl sites for hydroxylation is 1. The summed E-state index contributed by atoms with van der Waals surface area (Å²) in [6.07, 6.45) is 0. The quantitative estimate of drug-likeness (QED) is 0.802. The van der Waals surface area contributed by atoms with E-state index >= 15 is 0 Å². The molecular formula is C17H16N2O4. The molecule has 0 saturated heterocycles. The summed E-state index contributed by atoms with van der Waals surface area (Å²) in [4.78, 5) is 11.2. The zero-order valence-electron chi connectivity index (χ0n) is 13.0. The number of aromatic carboxylic acids is 1. The smallest absolute Gasteiger partial charge is 0.356 e. The van der Waals surface area contributed by atoms with E-state index < -0.39 is 5.97 Å². The highest BCUT2D eigenvalue weighted by Crippen LogP contribution is 2.38. The standard InChI is InChI=1S/C17H16N2O4/c1-19-14(9-13(18-19)17(20)21)16-12-8-11(22-2)6-4-10(12)5-7-15(16)23-3/h4-9H,1-3H3,(H,20,21). The first kappa shape index (κ1) is 14.9. The predicted molar refractivity (Wildman–Crippen MR) is 86.2 cm³/mol. The molecule has 3 aromatic rings. The van der Waals surface area contributed by atoms with Crippen molar-refractivity contribution in [2.24, 2.45) is 7.05 Å². The van der Waals surface area contributed by atoms with Crippen molar-refractivity contribution in [1.82, 2.24) is 9.78 Å². The summed E-state index contributed by atoms with van der Waals surface area (Å²) < 4.78 is 12.3. The highest BCUT2D eigenvalue weighted by atomic mass is 16.5. The van der Waals surface area contributed by atoms with Gasteiger partial charge in [-0.05, 0) is 35.0 Å². The Balaban J connectivity index is 2.36.